The number of hydrogen-bond donors (Lipinski definition) is 0. The molecule has 0 saturated heterocycles. The molecule has 0 atom stereocenters. The van der Waals surface area contributed by atoms with E-state index in [1.165, 1.54) is 21.7 Å². The van der Waals surface area contributed by atoms with Crippen LogP contribution in [0.3, 0.4) is 0 Å². The molecule has 0 fully saturated rings. The number of hydrogen-bond acceptors (Lipinski definition) is 2. The van der Waals surface area contributed by atoms with Crippen molar-refractivity contribution in [3.8, 4) is 16.9 Å². The molecular formula is C20H15NO. The van der Waals surface area contributed by atoms with Crippen molar-refractivity contribution in [2.24, 2.45) is 0 Å². The summed E-state index contributed by atoms with van der Waals surface area (Å²) in [4.78, 5) is 4.38. The van der Waals surface area contributed by atoms with Gasteiger partial charge in [0.25, 0.3) is 0 Å². The quantitative estimate of drug-likeness (QED) is 0.513. The summed E-state index contributed by atoms with van der Waals surface area (Å²) in [6.45, 7) is 0. The van der Waals surface area contributed by atoms with Gasteiger partial charge >= 0.3 is 0 Å². The monoisotopic (exact) mass is 285 g/mol. The molecule has 106 valence electrons. The minimum Gasteiger partial charge on any atom is -0.497 e. The van der Waals surface area contributed by atoms with Gasteiger partial charge in [-0.2, -0.15) is 0 Å². The van der Waals surface area contributed by atoms with Crippen molar-refractivity contribution in [2.45, 2.75) is 0 Å². The largest absolute Gasteiger partial charge is 0.497 e. The zero-order valence-corrected chi connectivity index (χ0v) is 12.3. The van der Waals surface area contributed by atoms with Gasteiger partial charge in [0.1, 0.15) is 5.75 Å². The van der Waals surface area contributed by atoms with E-state index in [2.05, 4.69) is 53.5 Å². The van der Waals surface area contributed by atoms with Gasteiger partial charge in [-0.1, -0.05) is 42.5 Å². The summed E-state index contributed by atoms with van der Waals surface area (Å²) in [5, 5.41) is 4.76. The van der Waals surface area contributed by atoms with E-state index in [1.54, 1.807) is 7.11 Å². The SMILES string of the molecule is COc1ccc2ccc(-c3cncc4ccccc34)cc2c1. The Hall–Kier alpha value is -2.87. The lowest BCUT2D eigenvalue weighted by atomic mass is 9.98. The number of benzene rings is 3. The Morgan fingerprint density at radius 3 is 2.55 bits per heavy atom. The standard InChI is InChI=1S/C20H15NO/c1-22-18-9-8-14-6-7-15(10-17(14)11-18)20-13-21-12-16-4-2-3-5-19(16)20/h2-13H,1H3. The van der Waals surface area contributed by atoms with Crippen LogP contribution in [0.2, 0.25) is 0 Å². The summed E-state index contributed by atoms with van der Waals surface area (Å²) >= 11 is 0. The third-order valence-corrected chi connectivity index (χ3v) is 4.03. The number of ether oxygens (including phenoxy) is 1. The number of aromatic nitrogens is 1. The van der Waals surface area contributed by atoms with E-state index in [0.717, 1.165) is 16.7 Å². The second-order valence-corrected chi connectivity index (χ2v) is 5.34. The Labute approximate surface area is 129 Å². The highest BCUT2D eigenvalue weighted by molar-refractivity contribution is 5.98. The molecule has 0 aliphatic carbocycles. The molecule has 0 aliphatic heterocycles. The average Bonchev–Trinajstić information content (AvgIpc) is 2.60. The zero-order valence-electron chi connectivity index (χ0n) is 12.3. The van der Waals surface area contributed by atoms with Crippen molar-refractivity contribution in [3.63, 3.8) is 0 Å². The van der Waals surface area contributed by atoms with Gasteiger partial charge in [-0.3, -0.25) is 4.98 Å². The minimum atomic E-state index is 0.876. The van der Waals surface area contributed by atoms with E-state index in [0.29, 0.717) is 0 Å². The van der Waals surface area contributed by atoms with Crippen LogP contribution in [-0.2, 0) is 0 Å². The van der Waals surface area contributed by atoms with Gasteiger partial charge in [0, 0.05) is 23.3 Å². The number of pyridine rings is 1. The number of fused-ring (bicyclic) bond motifs is 2. The Kier molecular flexibility index (Phi) is 3.01. The van der Waals surface area contributed by atoms with E-state index < -0.39 is 0 Å². The van der Waals surface area contributed by atoms with Crippen molar-refractivity contribution in [3.05, 3.63) is 73.1 Å². The fraction of sp³-hybridized carbons (Fsp3) is 0.0500. The lowest BCUT2D eigenvalue weighted by Gasteiger charge is -2.08. The first kappa shape index (κ1) is 12.8. The Bertz CT molecular complexity index is 970. The average molecular weight is 285 g/mol. The smallest absolute Gasteiger partial charge is 0.119 e. The Morgan fingerprint density at radius 2 is 1.64 bits per heavy atom. The van der Waals surface area contributed by atoms with Crippen LogP contribution in [-0.4, -0.2) is 12.1 Å². The second-order valence-electron chi connectivity index (χ2n) is 5.34. The van der Waals surface area contributed by atoms with Crippen LogP contribution in [0.5, 0.6) is 5.75 Å². The maximum absolute atomic E-state index is 5.33. The Morgan fingerprint density at radius 1 is 0.773 bits per heavy atom. The molecule has 1 aromatic heterocycles. The van der Waals surface area contributed by atoms with Crippen LogP contribution in [0.15, 0.2) is 73.1 Å². The van der Waals surface area contributed by atoms with E-state index in [1.807, 2.05) is 24.5 Å². The minimum absolute atomic E-state index is 0.876. The van der Waals surface area contributed by atoms with E-state index in [-0.39, 0.29) is 0 Å². The van der Waals surface area contributed by atoms with Crippen LogP contribution >= 0.6 is 0 Å². The number of nitrogens with zero attached hydrogens (tertiary/aromatic N) is 1. The van der Waals surface area contributed by atoms with E-state index >= 15 is 0 Å². The highest BCUT2D eigenvalue weighted by Gasteiger charge is 2.05. The zero-order chi connectivity index (χ0) is 14.9. The van der Waals surface area contributed by atoms with Crippen molar-refractivity contribution >= 4 is 21.5 Å². The molecule has 0 unspecified atom stereocenters. The molecule has 0 bridgehead atoms. The second kappa shape index (κ2) is 5.15. The molecular weight excluding hydrogens is 270 g/mol. The van der Waals surface area contributed by atoms with Crippen LogP contribution in [0, 0.1) is 0 Å². The lowest BCUT2D eigenvalue weighted by Crippen LogP contribution is -1.85. The van der Waals surface area contributed by atoms with Gasteiger partial charge in [-0.05, 0) is 39.9 Å². The summed E-state index contributed by atoms with van der Waals surface area (Å²) in [5.41, 5.74) is 2.33. The molecule has 4 rings (SSSR count). The van der Waals surface area contributed by atoms with Gasteiger partial charge in [0.05, 0.1) is 7.11 Å². The normalized spacial score (nSPS) is 11.0. The van der Waals surface area contributed by atoms with Gasteiger partial charge in [-0.25, -0.2) is 0 Å². The van der Waals surface area contributed by atoms with Crippen molar-refractivity contribution in [1.82, 2.24) is 4.98 Å². The predicted molar refractivity (Wildman–Crippen MR) is 91.2 cm³/mol. The molecule has 0 spiro atoms. The fourth-order valence-electron chi connectivity index (χ4n) is 2.87. The molecule has 0 radical (unpaired) electrons. The van der Waals surface area contributed by atoms with Crippen molar-refractivity contribution in [2.75, 3.05) is 7.11 Å². The van der Waals surface area contributed by atoms with Crippen LogP contribution < -0.4 is 4.74 Å². The first-order valence-electron chi connectivity index (χ1n) is 7.26. The van der Waals surface area contributed by atoms with Gasteiger partial charge in [0.2, 0.25) is 0 Å². The molecule has 2 heteroatoms. The highest BCUT2D eigenvalue weighted by atomic mass is 16.5. The summed E-state index contributed by atoms with van der Waals surface area (Å²) in [6.07, 6.45) is 3.84. The Balaban J connectivity index is 1.96. The molecule has 0 amide bonds. The third kappa shape index (κ3) is 2.09. The maximum atomic E-state index is 5.33. The summed E-state index contributed by atoms with van der Waals surface area (Å²) < 4.78 is 5.33. The molecule has 3 aromatic carbocycles. The van der Waals surface area contributed by atoms with E-state index in [9.17, 15) is 0 Å². The molecule has 0 saturated carbocycles. The molecule has 2 nitrogen and oxygen atoms in total. The number of rotatable bonds is 2. The number of methoxy groups -OCH3 is 1. The molecule has 22 heavy (non-hydrogen) atoms. The summed E-state index contributed by atoms with van der Waals surface area (Å²) in [5.74, 6) is 0.876. The van der Waals surface area contributed by atoms with Gasteiger partial charge in [-0.15, -0.1) is 0 Å². The molecule has 0 N–H and O–H groups in total. The molecule has 4 aromatic rings. The van der Waals surface area contributed by atoms with Crippen molar-refractivity contribution < 1.29 is 4.74 Å². The first-order valence-corrected chi connectivity index (χ1v) is 7.26. The van der Waals surface area contributed by atoms with Crippen LogP contribution in [0.25, 0.3) is 32.7 Å². The summed E-state index contributed by atoms with van der Waals surface area (Å²) in [6, 6.07) is 21.0. The third-order valence-electron chi connectivity index (χ3n) is 4.03. The van der Waals surface area contributed by atoms with Gasteiger partial charge < -0.3 is 4.74 Å². The summed E-state index contributed by atoms with van der Waals surface area (Å²) in [7, 11) is 1.69. The highest BCUT2D eigenvalue weighted by Crippen LogP contribution is 2.31. The van der Waals surface area contributed by atoms with Crippen LogP contribution in [0.4, 0.5) is 0 Å². The first-order chi connectivity index (χ1) is 10.8. The van der Waals surface area contributed by atoms with E-state index in [4.69, 9.17) is 4.74 Å². The van der Waals surface area contributed by atoms with Crippen molar-refractivity contribution in [1.29, 1.82) is 0 Å². The lowest BCUT2D eigenvalue weighted by molar-refractivity contribution is 0.415. The van der Waals surface area contributed by atoms with Gasteiger partial charge in [0.15, 0.2) is 0 Å². The predicted octanol–water partition coefficient (Wildman–Crippen LogP) is 5.06. The molecule has 0 aliphatic rings. The maximum Gasteiger partial charge on any atom is 0.119 e. The fourth-order valence-corrected chi connectivity index (χ4v) is 2.87. The topological polar surface area (TPSA) is 22.1 Å². The molecule has 1 heterocycles. The van der Waals surface area contributed by atoms with Crippen LogP contribution in [0.1, 0.15) is 0 Å².